The molecule has 35 heavy (non-hydrogen) atoms. The van der Waals surface area contributed by atoms with Crippen LogP contribution < -0.4 is 10.6 Å². The van der Waals surface area contributed by atoms with E-state index >= 15 is 0 Å². The van der Waals surface area contributed by atoms with Crippen LogP contribution >= 0.6 is 0 Å². The van der Waals surface area contributed by atoms with E-state index in [0.29, 0.717) is 12.1 Å². The Hall–Kier alpha value is -4.12. The molecule has 2 aliphatic heterocycles. The van der Waals surface area contributed by atoms with E-state index in [9.17, 15) is 14.4 Å². The van der Waals surface area contributed by atoms with Crippen LogP contribution in [0.25, 0.3) is 15.7 Å². The van der Waals surface area contributed by atoms with Gasteiger partial charge in [-0.3, -0.25) is 24.1 Å². The van der Waals surface area contributed by atoms with E-state index in [-0.39, 0.29) is 36.6 Å². The Morgan fingerprint density at radius 3 is 2.69 bits per heavy atom. The standard InChI is InChI=1S/C27H27N5O3/c1-16(2)12-22(30-24(33)21-13-17-8-4-6-10-19(17)29-21)25(34)32-15-27(14-23(32)28-3)18-9-5-7-11-20(18)31-26(27)35/h4-11,13,16,22-23,29H,12,14-15H2,1-2H3,(H,30,33)(H,31,35). The Morgan fingerprint density at radius 2 is 1.94 bits per heavy atom. The van der Waals surface area contributed by atoms with Gasteiger partial charge in [-0.05, 0) is 36.1 Å². The van der Waals surface area contributed by atoms with Gasteiger partial charge in [0.1, 0.15) is 17.2 Å². The molecule has 2 aliphatic rings. The molecule has 1 fully saturated rings. The Kier molecular flexibility index (Phi) is 5.56. The van der Waals surface area contributed by atoms with Crippen molar-refractivity contribution in [2.24, 2.45) is 5.92 Å². The fraction of sp³-hybridized carbons (Fsp3) is 0.333. The second-order valence-corrected chi connectivity index (χ2v) is 9.79. The van der Waals surface area contributed by atoms with E-state index in [1.165, 1.54) is 4.90 Å². The molecule has 8 nitrogen and oxygen atoms in total. The number of fused-ring (bicyclic) bond motifs is 3. The lowest BCUT2D eigenvalue weighted by Crippen LogP contribution is -2.51. The number of nitrogens with zero attached hydrogens (tertiary/aromatic N) is 2. The van der Waals surface area contributed by atoms with Crippen molar-refractivity contribution in [2.75, 3.05) is 11.9 Å². The van der Waals surface area contributed by atoms with Crippen LogP contribution in [-0.2, 0) is 15.0 Å². The SMILES string of the molecule is [C-]#[N+]C1CC2(CN1C(=O)C(CC(C)C)NC(=O)c1cc3ccccc3[nH]1)C(=O)Nc1ccccc12. The lowest BCUT2D eigenvalue weighted by Gasteiger charge is -2.26. The smallest absolute Gasteiger partial charge is 0.302 e. The Bertz CT molecular complexity index is 1340. The van der Waals surface area contributed by atoms with Crippen LogP contribution in [0.2, 0.25) is 0 Å². The molecule has 3 atom stereocenters. The molecular formula is C27H27N5O3. The number of hydrogen-bond acceptors (Lipinski definition) is 3. The minimum atomic E-state index is -0.953. The van der Waals surface area contributed by atoms with E-state index < -0.39 is 17.6 Å². The minimum absolute atomic E-state index is 0.110. The average molecular weight is 470 g/mol. The normalized spacial score (nSPS) is 21.7. The number of para-hydroxylation sites is 2. The Morgan fingerprint density at radius 1 is 1.20 bits per heavy atom. The van der Waals surface area contributed by atoms with Gasteiger partial charge in [-0.2, -0.15) is 0 Å². The van der Waals surface area contributed by atoms with Crippen molar-refractivity contribution in [1.29, 1.82) is 0 Å². The molecule has 3 aromatic rings. The molecule has 0 saturated carbocycles. The van der Waals surface area contributed by atoms with E-state index in [1.807, 2.05) is 62.4 Å². The highest BCUT2D eigenvalue weighted by atomic mass is 16.2. The maximum Gasteiger partial charge on any atom is 0.302 e. The number of anilines is 1. The number of carbonyl (C=O) groups excluding carboxylic acids is 3. The first kappa shape index (κ1) is 22.7. The number of aromatic amines is 1. The number of aromatic nitrogens is 1. The van der Waals surface area contributed by atoms with Gasteiger partial charge in [0.2, 0.25) is 5.91 Å². The summed E-state index contributed by atoms with van der Waals surface area (Å²) in [5.74, 6) is -0.772. The molecule has 0 bridgehead atoms. The fourth-order valence-electron chi connectivity index (χ4n) is 5.28. The van der Waals surface area contributed by atoms with Crippen molar-refractivity contribution < 1.29 is 14.4 Å². The minimum Gasteiger partial charge on any atom is -0.351 e. The largest absolute Gasteiger partial charge is 0.351 e. The second-order valence-electron chi connectivity index (χ2n) is 9.79. The third-order valence-corrected chi connectivity index (χ3v) is 6.97. The predicted octanol–water partition coefficient (Wildman–Crippen LogP) is 3.68. The molecule has 3 heterocycles. The summed E-state index contributed by atoms with van der Waals surface area (Å²) in [7, 11) is 0. The third kappa shape index (κ3) is 3.83. The number of likely N-dealkylation sites (tertiary alicyclic amines) is 1. The highest BCUT2D eigenvalue weighted by Crippen LogP contribution is 2.46. The fourth-order valence-corrected chi connectivity index (χ4v) is 5.28. The molecular weight excluding hydrogens is 442 g/mol. The van der Waals surface area contributed by atoms with Gasteiger partial charge in [0.15, 0.2) is 0 Å². The molecule has 1 aromatic heterocycles. The highest BCUT2D eigenvalue weighted by molar-refractivity contribution is 6.07. The third-order valence-electron chi connectivity index (χ3n) is 6.97. The topological polar surface area (TPSA) is 98.7 Å². The first-order chi connectivity index (χ1) is 16.8. The molecule has 1 spiro atoms. The summed E-state index contributed by atoms with van der Waals surface area (Å²) in [6.45, 7) is 11.8. The first-order valence-electron chi connectivity index (χ1n) is 11.8. The van der Waals surface area contributed by atoms with Crippen LogP contribution in [0, 0.1) is 12.5 Å². The average Bonchev–Trinajstić information content (AvgIpc) is 3.52. The van der Waals surface area contributed by atoms with Crippen LogP contribution in [-0.4, -0.2) is 46.4 Å². The lowest BCUT2D eigenvalue weighted by atomic mass is 9.80. The lowest BCUT2D eigenvalue weighted by molar-refractivity contribution is -0.134. The number of carbonyl (C=O) groups is 3. The molecule has 5 rings (SSSR count). The van der Waals surface area contributed by atoms with Crippen molar-refractivity contribution in [2.45, 2.75) is 44.3 Å². The molecule has 178 valence electrons. The quantitative estimate of drug-likeness (QED) is 0.497. The molecule has 0 aliphatic carbocycles. The van der Waals surface area contributed by atoms with Gasteiger partial charge in [-0.1, -0.05) is 50.2 Å². The first-order valence-corrected chi connectivity index (χ1v) is 11.8. The zero-order valence-corrected chi connectivity index (χ0v) is 19.7. The maximum atomic E-state index is 13.8. The monoisotopic (exact) mass is 469 g/mol. The number of H-pyrrole nitrogens is 1. The predicted molar refractivity (Wildman–Crippen MR) is 132 cm³/mol. The number of amides is 3. The van der Waals surface area contributed by atoms with E-state index in [1.54, 1.807) is 6.07 Å². The van der Waals surface area contributed by atoms with Crippen LogP contribution in [0.1, 0.15) is 42.7 Å². The molecule has 0 radical (unpaired) electrons. The molecule has 2 aromatic carbocycles. The van der Waals surface area contributed by atoms with Crippen LogP contribution in [0.3, 0.4) is 0 Å². The Balaban J connectivity index is 1.42. The van der Waals surface area contributed by atoms with Crippen molar-refractivity contribution >= 4 is 34.3 Å². The van der Waals surface area contributed by atoms with Crippen molar-refractivity contribution in [3.05, 3.63) is 77.3 Å². The van der Waals surface area contributed by atoms with Gasteiger partial charge < -0.3 is 15.6 Å². The van der Waals surface area contributed by atoms with Gasteiger partial charge in [0.05, 0.1) is 6.42 Å². The summed E-state index contributed by atoms with van der Waals surface area (Å²) in [6.07, 6.45) is -0.129. The molecule has 3 N–H and O–H groups in total. The molecule has 1 saturated heterocycles. The summed E-state index contributed by atoms with van der Waals surface area (Å²) in [4.78, 5) is 48.2. The summed E-state index contributed by atoms with van der Waals surface area (Å²) < 4.78 is 0. The van der Waals surface area contributed by atoms with Crippen molar-refractivity contribution in [1.82, 2.24) is 15.2 Å². The number of rotatable bonds is 5. The van der Waals surface area contributed by atoms with E-state index in [4.69, 9.17) is 6.57 Å². The zero-order valence-electron chi connectivity index (χ0n) is 19.7. The second kappa shape index (κ2) is 8.58. The number of nitrogens with one attached hydrogen (secondary N) is 3. The van der Waals surface area contributed by atoms with Gasteiger partial charge in [-0.15, -0.1) is 0 Å². The highest BCUT2D eigenvalue weighted by Gasteiger charge is 2.59. The molecule has 3 unspecified atom stereocenters. The summed E-state index contributed by atoms with van der Waals surface area (Å²) in [5.41, 5.74) is 1.80. The van der Waals surface area contributed by atoms with Crippen molar-refractivity contribution in [3.63, 3.8) is 0 Å². The molecule has 8 heteroatoms. The van der Waals surface area contributed by atoms with E-state index in [0.717, 1.165) is 22.2 Å². The number of hydrogen-bond donors (Lipinski definition) is 3. The van der Waals surface area contributed by atoms with Crippen LogP contribution in [0.15, 0.2) is 54.6 Å². The van der Waals surface area contributed by atoms with Gasteiger partial charge >= 0.3 is 6.17 Å². The van der Waals surface area contributed by atoms with Crippen LogP contribution in [0.4, 0.5) is 5.69 Å². The van der Waals surface area contributed by atoms with Gasteiger partial charge in [0.25, 0.3) is 11.8 Å². The zero-order chi connectivity index (χ0) is 24.7. The number of benzene rings is 2. The van der Waals surface area contributed by atoms with Crippen LogP contribution in [0.5, 0.6) is 0 Å². The maximum absolute atomic E-state index is 13.8. The van der Waals surface area contributed by atoms with E-state index in [2.05, 4.69) is 20.5 Å². The summed E-state index contributed by atoms with van der Waals surface area (Å²) >= 11 is 0. The van der Waals surface area contributed by atoms with Gasteiger partial charge in [-0.25, -0.2) is 6.57 Å². The molecule has 3 amide bonds. The summed E-state index contributed by atoms with van der Waals surface area (Å²) in [5, 5.41) is 6.71. The van der Waals surface area contributed by atoms with Crippen molar-refractivity contribution in [3.8, 4) is 0 Å². The summed E-state index contributed by atoms with van der Waals surface area (Å²) in [6, 6.07) is 15.9. The Labute approximate surface area is 203 Å². The van der Waals surface area contributed by atoms with Gasteiger partial charge in [0, 0.05) is 23.1 Å².